The molecule has 0 bridgehead atoms. The third-order valence-corrected chi connectivity index (χ3v) is 3.83. The van der Waals surface area contributed by atoms with Crippen LogP contribution < -0.4 is 10.1 Å². The molecule has 20 heavy (non-hydrogen) atoms. The topological polar surface area (TPSA) is 34.1 Å². The minimum atomic E-state index is 0.169. The van der Waals surface area contributed by atoms with E-state index in [1.165, 1.54) is 11.1 Å². The fraction of sp³-hybridized carbons (Fsp3) is 0.312. The van der Waals surface area contributed by atoms with E-state index in [0.29, 0.717) is 0 Å². The molecule has 0 radical (unpaired) electrons. The molecular weight excluding hydrogens is 272 g/mol. The minimum Gasteiger partial charge on any atom is -0.488 e. The molecule has 2 atom stereocenters. The molecule has 1 N–H and O–H groups in total. The van der Waals surface area contributed by atoms with Gasteiger partial charge in [-0.2, -0.15) is 0 Å². The maximum atomic E-state index is 6.00. The highest BCUT2D eigenvalue weighted by molar-refractivity contribution is 6.30. The lowest BCUT2D eigenvalue weighted by molar-refractivity contribution is 0.222. The molecule has 1 aliphatic rings. The maximum Gasteiger partial charge on any atom is 0.123 e. The molecule has 3 rings (SSSR count). The van der Waals surface area contributed by atoms with Crippen molar-refractivity contribution in [3.05, 3.63) is 58.9 Å². The summed E-state index contributed by atoms with van der Waals surface area (Å²) in [6, 6.07) is 10.1. The Balaban J connectivity index is 1.56. The first-order valence-electron chi connectivity index (χ1n) is 6.81. The van der Waals surface area contributed by atoms with Gasteiger partial charge in [0.1, 0.15) is 11.9 Å². The standard InChI is InChI=1S/C16H17ClN2O/c1-11(12-3-2-6-18-9-12)19-10-15-8-13-7-14(17)4-5-16(13)20-15/h2-7,9,11,15,19H,8,10H2,1H3/t11-,15?/m0/s1. The molecular formula is C16H17ClN2O. The zero-order valence-corrected chi connectivity index (χ0v) is 12.1. The van der Waals surface area contributed by atoms with E-state index in [2.05, 4.69) is 23.3 Å². The molecule has 1 aliphatic heterocycles. The highest BCUT2D eigenvalue weighted by atomic mass is 35.5. The second kappa shape index (κ2) is 5.81. The van der Waals surface area contributed by atoms with Gasteiger partial charge in [0, 0.05) is 36.4 Å². The summed E-state index contributed by atoms with van der Waals surface area (Å²) in [5.74, 6) is 0.954. The molecule has 2 heterocycles. The van der Waals surface area contributed by atoms with Crippen molar-refractivity contribution in [1.29, 1.82) is 0 Å². The van der Waals surface area contributed by atoms with Gasteiger partial charge in [-0.1, -0.05) is 17.7 Å². The summed E-state index contributed by atoms with van der Waals surface area (Å²) in [6.07, 6.45) is 4.75. The van der Waals surface area contributed by atoms with E-state index in [-0.39, 0.29) is 12.1 Å². The SMILES string of the molecule is C[C@H](NCC1Cc2cc(Cl)ccc2O1)c1cccnc1. The van der Waals surface area contributed by atoms with E-state index in [4.69, 9.17) is 16.3 Å². The summed E-state index contributed by atoms with van der Waals surface area (Å²) in [4.78, 5) is 4.14. The molecule has 0 fully saturated rings. The zero-order valence-electron chi connectivity index (χ0n) is 11.3. The van der Waals surface area contributed by atoms with Gasteiger partial charge in [-0.3, -0.25) is 4.98 Å². The molecule has 4 heteroatoms. The first-order chi connectivity index (χ1) is 9.72. The molecule has 3 nitrogen and oxygen atoms in total. The lowest BCUT2D eigenvalue weighted by Gasteiger charge is -2.17. The quantitative estimate of drug-likeness (QED) is 0.936. The van der Waals surface area contributed by atoms with Crippen LogP contribution in [0.25, 0.3) is 0 Å². The lowest BCUT2D eigenvalue weighted by Crippen LogP contribution is -2.31. The number of pyridine rings is 1. The molecule has 104 valence electrons. The average Bonchev–Trinajstić information content (AvgIpc) is 2.87. The van der Waals surface area contributed by atoms with E-state index in [1.54, 1.807) is 6.20 Å². The van der Waals surface area contributed by atoms with Gasteiger partial charge in [-0.05, 0) is 42.3 Å². The number of hydrogen-bond acceptors (Lipinski definition) is 3. The lowest BCUT2D eigenvalue weighted by atomic mass is 10.1. The Labute approximate surface area is 123 Å². The highest BCUT2D eigenvalue weighted by Crippen LogP contribution is 2.31. The first kappa shape index (κ1) is 13.4. The summed E-state index contributed by atoms with van der Waals surface area (Å²) < 4.78 is 5.91. The van der Waals surface area contributed by atoms with Crippen molar-refractivity contribution in [1.82, 2.24) is 10.3 Å². The molecule has 1 aromatic heterocycles. The van der Waals surface area contributed by atoms with Gasteiger partial charge in [-0.15, -0.1) is 0 Å². The summed E-state index contributed by atoms with van der Waals surface area (Å²) in [5.41, 5.74) is 2.38. The first-order valence-corrected chi connectivity index (χ1v) is 7.18. The Morgan fingerprint density at radius 2 is 2.35 bits per heavy atom. The Morgan fingerprint density at radius 3 is 3.15 bits per heavy atom. The number of nitrogens with zero attached hydrogens (tertiary/aromatic N) is 1. The van der Waals surface area contributed by atoms with Gasteiger partial charge in [0.05, 0.1) is 0 Å². The van der Waals surface area contributed by atoms with Crippen molar-refractivity contribution in [3.8, 4) is 5.75 Å². The fourth-order valence-electron chi connectivity index (χ4n) is 2.46. The molecule has 0 aliphatic carbocycles. The normalized spacial score (nSPS) is 18.4. The van der Waals surface area contributed by atoms with Crippen LogP contribution in [0.2, 0.25) is 5.02 Å². The predicted octanol–water partition coefficient (Wildman–Crippen LogP) is 3.39. The number of ether oxygens (including phenoxy) is 1. The number of fused-ring (bicyclic) bond motifs is 1. The van der Waals surface area contributed by atoms with E-state index in [0.717, 1.165) is 23.7 Å². The monoisotopic (exact) mass is 288 g/mol. The van der Waals surface area contributed by atoms with Crippen molar-refractivity contribution in [3.63, 3.8) is 0 Å². The fourth-order valence-corrected chi connectivity index (χ4v) is 2.66. The van der Waals surface area contributed by atoms with Crippen LogP contribution in [0.3, 0.4) is 0 Å². The number of benzene rings is 1. The summed E-state index contributed by atoms with van der Waals surface area (Å²) in [7, 11) is 0. The minimum absolute atomic E-state index is 0.169. The van der Waals surface area contributed by atoms with Crippen LogP contribution >= 0.6 is 11.6 Å². The second-order valence-corrected chi connectivity index (χ2v) is 5.55. The maximum absolute atomic E-state index is 6.00. The van der Waals surface area contributed by atoms with Crippen molar-refractivity contribution in [2.24, 2.45) is 0 Å². The third kappa shape index (κ3) is 2.94. The Hall–Kier alpha value is -1.58. The summed E-state index contributed by atoms with van der Waals surface area (Å²) >= 11 is 6.00. The molecule has 0 saturated heterocycles. The van der Waals surface area contributed by atoms with Gasteiger partial charge in [0.2, 0.25) is 0 Å². The molecule has 0 saturated carbocycles. The van der Waals surface area contributed by atoms with Gasteiger partial charge in [0.25, 0.3) is 0 Å². The van der Waals surface area contributed by atoms with Crippen LogP contribution in [-0.2, 0) is 6.42 Å². The summed E-state index contributed by atoms with van der Waals surface area (Å²) in [5, 5.41) is 4.26. The van der Waals surface area contributed by atoms with Crippen LogP contribution in [0.15, 0.2) is 42.7 Å². The number of hydrogen-bond donors (Lipinski definition) is 1. The Morgan fingerprint density at radius 1 is 1.45 bits per heavy atom. The number of halogens is 1. The Kier molecular flexibility index (Phi) is 3.90. The van der Waals surface area contributed by atoms with Crippen LogP contribution in [0.5, 0.6) is 5.75 Å². The molecule has 2 aromatic rings. The van der Waals surface area contributed by atoms with E-state index in [1.807, 2.05) is 30.5 Å². The smallest absolute Gasteiger partial charge is 0.123 e. The van der Waals surface area contributed by atoms with Crippen molar-refractivity contribution >= 4 is 11.6 Å². The highest BCUT2D eigenvalue weighted by Gasteiger charge is 2.23. The van der Waals surface area contributed by atoms with Crippen LogP contribution in [0.1, 0.15) is 24.1 Å². The van der Waals surface area contributed by atoms with Crippen LogP contribution in [0, 0.1) is 0 Å². The second-order valence-electron chi connectivity index (χ2n) is 5.11. The number of rotatable bonds is 4. The number of nitrogens with one attached hydrogen (secondary N) is 1. The van der Waals surface area contributed by atoms with Gasteiger partial charge >= 0.3 is 0 Å². The van der Waals surface area contributed by atoms with Crippen molar-refractivity contribution in [2.45, 2.75) is 25.5 Å². The molecule has 1 unspecified atom stereocenters. The predicted molar refractivity (Wildman–Crippen MR) is 80.2 cm³/mol. The third-order valence-electron chi connectivity index (χ3n) is 3.60. The van der Waals surface area contributed by atoms with Crippen LogP contribution in [0.4, 0.5) is 0 Å². The van der Waals surface area contributed by atoms with Gasteiger partial charge in [-0.25, -0.2) is 0 Å². The van der Waals surface area contributed by atoms with Crippen molar-refractivity contribution < 1.29 is 4.74 Å². The average molecular weight is 289 g/mol. The van der Waals surface area contributed by atoms with E-state index in [9.17, 15) is 0 Å². The Bertz CT molecular complexity index is 588. The number of aromatic nitrogens is 1. The largest absolute Gasteiger partial charge is 0.488 e. The summed E-state index contributed by atoms with van der Waals surface area (Å²) in [6.45, 7) is 2.94. The van der Waals surface area contributed by atoms with Gasteiger partial charge < -0.3 is 10.1 Å². The molecule has 0 amide bonds. The molecule has 1 aromatic carbocycles. The van der Waals surface area contributed by atoms with Crippen molar-refractivity contribution in [2.75, 3.05) is 6.54 Å². The van der Waals surface area contributed by atoms with E-state index >= 15 is 0 Å². The van der Waals surface area contributed by atoms with Crippen LogP contribution in [-0.4, -0.2) is 17.6 Å². The molecule has 0 spiro atoms. The van der Waals surface area contributed by atoms with E-state index < -0.39 is 0 Å². The zero-order chi connectivity index (χ0) is 13.9. The van der Waals surface area contributed by atoms with Gasteiger partial charge in [0.15, 0.2) is 0 Å².